The van der Waals surface area contributed by atoms with Crippen molar-refractivity contribution in [3.8, 4) is 11.8 Å². The summed E-state index contributed by atoms with van der Waals surface area (Å²) < 4.78 is 4.85. The summed E-state index contributed by atoms with van der Waals surface area (Å²) in [6.07, 6.45) is 1.43. The summed E-state index contributed by atoms with van der Waals surface area (Å²) in [5, 5.41) is 0. The van der Waals surface area contributed by atoms with Crippen LogP contribution in [-0.4, -0.2) is 12.6 Å². The Morgan fingerprint density at radius 1 is 1.25 bits per heavy atom. The molecule has 16 heavy (non-hydrogen) atoms. The minimum atomic E-state index is -0.212. The smallest absolute Gasteiger partial charge is 0.306 e. The number of benzene rings is 1. The highest BCUT2D eigenvalue weighted by atomic mass is 16.5. The molecule has 0 aliphatic heterocycles. The monoisotopic (exact) mass is 216 g/mol. The Morgan fingerprint density at radius 3 is 2.50 bits per heavy atom. The number of esters is 1. The van der Waals surface area contributed by atoms with Gasteiger partial charge in [0.25, 0.3) is 0 Å². The first-order chi connectivity index (χ1) is 7.76. The Balaban J connectivity index is 2.47. The van der Waals surface area contributed by atoms with Gasteiger partial charge in [-0.1, -0.05) is 37.8 Å². The van der Waals surface area contributed by atoms with Crippen LogP contribution >= 0.6 is 0 Å². The van der Waals surface area contributed by atoms with E-state index in [1.807, 2.05) is 12.1 Å². The van der Waals surface area contributed by atoms with Crippen LogP contribution in [0.1, 0.15) is 31.4 Å². The fraction of sp³-hybridized carbons (Fsp3) is 0.357. The van der Waals surface area contributed by atoms with Crippen molar-refractivity contribution >= 4 is 5.97 Å². The molecule has 2 nitrogen and oxygen atoms in total. The number of rotatable bonds is 3. The predicted molar refractivity (Wildman–Crippen MR) is 63.9 cm³/mol. The van der Waals surface area contributed by atoms with Crippen LogP contribution in [0, 0.1) is 11.8 Å². The topological polar surface area (TPSA) is 26.3 Å². The summed E-state index contributed by atoms with van der Waals surface area (Å²) in [7, 11) is 0. The Kier molecular flexibility index (Phi) is 5.15. The Labute approximate surface area is 96.6 Å². The van der Waals surface area contributed by atoms with E-state index in [4.69, 9.17) is 4.74 Å². The van der Waals surface area contributed by atoms with E-state index in [1.54, 1.807) is 6.92 Å². The largest absolute Gasteiger partial charge is 0.452 e. The highest BCUT2D eigenvalue weighted by molar-refractivity contribution is 5.69. The van der Waals surface area contributed by atoms with Crippen LogP contribution in [0.25, 0.3) is 0 Å². The van der Waals surface area contributed by atoms with Crippen molar-refractivity contribution in [1.29, 1.82) is 0 Å². The maximum absolute atomic E-state index is 10.8. The van der Waals surface area contributed by atoms with Gasteiger partial charge in [-0.3, -0.25) is 4.79 Å². The number of aryl methyl sites for hydroxylation is 1. The summed E-state index contributed by atoms with van der Waals surface area (Å²) in [4.78, 5) is 10.8. The van der Waals surface area contributed by atoms with Crippen molar-refractivity contribution in [2.75, 3.05) is 6.61 Å². The van der Waals surface area contributed by atoms with E-state index in [0.29, 0.717) is 6.42 Å². The first kappa shape index (κ1) is 12.3. The summed E-state index contributed by atoms with van der Waals surface area (Å²) in [5.41, 5.74) is 2.24. The second-order valence-electron chi connectivity index (χ2n) is 3.37. The van der Waals surface area contributed by atoms with E-state index in [-0.39, 0.29) is 12.6 Å². The number of carbonyl (C=O) groups excluding carboxylic acids is 1. The molecule has 84 valence electrons. The zero-order chi connectivity index (χ0) is 11.8. The molecule has 1 rings (SSSR count). The summed E-state index contributed by atoms with van der Waals surface area (Å²) in [5.74, 6) is 5.55. The molecule has 1 aromatic carbocycles. The van der Waals surface area contributed by atoms with Crippen molar-refractivity contribution in [2.45, 2.75) is 26.7 Å². The Morgan fingerprint density at radius 2 is 1.94 bits per heavy atom. The second kappa shape index (κ2) is 6.68. The minimum absolute atomic E-state index is 0.169. The van der Waals surface area contributed by atoms with Gasteiger partial charge in [-0.2, -0.15) is 0 Å². The predicted octanol–water partition coefficient (Wildman–Crippen LogP) is 2.55. The van der Waals surface area contributed by atoms with Gasteiger partial charge in [-0.05, 0) is 24.1 Å². The zero-order valence-corrected chi connectivity index (χ0v) is 9.75. The molecule has 0 saturated carbocycles. The van der Waals surface area contributed by atoms with E-state index >= 15 is 0 Å². The molecule has 0 spiro atoms. The fourth-order valence-electron chi connectivity index (χ4n) is 1.18. The van der Waals surface area contributed by atoms with Crippen molar-refractivity contribution < 1.29 is 9.53 Å². The maximum atomic E-state index is 10.8. The molecular formula is C14H16O2. The first-order valence-corrected chi connectivity index (χ1v) is 5.49. The summed E-state index contributed by atoms with van der Waals surface area (Å²) in [6.45, 7) is 4.05. The van der Waals surface area contributed by atoms with Crippen LogP contribution < -0.4 is 0 Å². The van der Waals surface area contributed by atoms with Crippen LogP contribution in [-0.2, 0) is 16.0 Å². The molecule has 1 aromatic rings. The lowest BCUT2D eigenvalue weighted by atomic mass is 10.1. The molecule has 2 heteroatoms. The van der Waals surface area contributed by atoms with Crippen LogP contribution in [0.15, 0.2) is 24.3 Å². The van der Waals surface area contributed by atoms with Gasteiger partial charge >= 0.3 is 5.97 Å². The lowest BCUT2D eigenvalue weighted by molar-refractivity contribution is -0.141. The van der Waals surface area contributed by atoms with E-state index < -0.39 is 0 Å². The van der Waals surface area contributed by atoms with Crippen LogP contribution in [0.2, 0.25) is 0 Å². The first-order valence-electron chi connectivity index (χ1n) is 5.49. The molecule has 0 amide bonds. The van der Waals surface area contributed by atoms with Gasteiger partial charge in [0, 0.05) is 12.0 Å². The molecule has 0 unspecified atom stereocenters. The van der Waals surface area contributed by atoms with E-state index in [1.165, 1.54) is 5.56 Å². The molecule has 0 fully saturated rings. The SMILES string of the molecule is CCC(=O)OCC#Cc1ccc(CC)cc1. The lowest BCUT2D eigenvalue weighted by Crippen LogP contribution is -2.01. The van der Waals surface area contributed by atoms with Gasteiger partial charge < -0.3 is 4.74 Å². The highest BCUT2D eigenvalue weighted by Gasteiger charge is 1.93. The fourth-order valence-corrected chi connectivity index (χ4v) is 1.18. The van der Waals surface area contributed by atoms with E-state index in [9.17, 15) is 4.79 Å². The van der Waals surface area contributed by atoms with Gasteiger partial charge in [0.05, 0.1) is 0 Å². The standard InChI is InChI=1S/C14H16O2/c1-3-12-7-9-13(10-8-12)6-5-11-16-14(15)4-2/h7-10H,3-4,11H2,1-2H3. The number of hydrogen-bond acceptors (Lipinski definition) is 2. The van der Waals surface area contributed by atoms with Gasteiger partial charge in [0.15, 0.2) is 6.61 Å². The molecule has 0 bridgehead atoms. The Bertz CT molecular complexity index is 393. The van der Waals surface area contributed by atoms with E-state index in [0.717, 1.165) is 12.0 Å². The quantitative estimate of drug-likeness (QED) is 0.573. The van der Waals surface area contributed by atoms with Crippen LogP contribution in [0.5, 0.6) is 0 Å². The summed E-state index contributed by atoms with van der Waals surface area (Å²) in [6, 6.07) is 8.07. The number of hydrogen-bond donors (Lipinski definition) is 0. The minimum Gasteiger partial charge on any atom is -0.452 e. The second-order valence-corrected chi connectivity index (χ2v) is 3.37. The van der Waals surface area contributed by atoms with Gasteiger partial charge in [-0.15, -0.1) is 0 Å². The third-order valence-electron chi connectivity index (χ3n) is 2.19. The molecule has 0 saturated heterocycles. The number of ether oxygens (including phenoxy) is 1. The summed E-state index contributed by atoms with van der Waals surface area (Å²) >= 11 is 0. The normalized spacial score (nSPS) is 9.12. The number of carbonyl (C=O) groups is 1. The van der Waals surface area contributed by atoms with E-state index in [2.05, 4.69) is 30.9 Å². The van der Waals surface area contributed by atoms with Crippen molar-refractivity contribution in [3.63, 3.8) is 0 Å². The highest BCUT2D eigenvalue weighted by Crippen LogP contribution is 2.03. The molecule has 0 atom stereocenters. The third kappa shape index (κ3) is 4.18. The lowest BCUT2D eigenvalue weighted by Gasteiger charge is -1.96. The molecule has 0 heterocycles. The molecule has 0 aliphatic carbocycles. The van der Waals surface area contributed by atoms with Crippen LogP contribution in [0.3, 0.4) is 0 Å². The van der Waals surface area contributed by atoms with Crippen molar-refractivity contribution in [2.24, 2.45) is 0 Å². The average Bonchev–Trinajstić information content (AvgIpc) is 2.35. The zero-order valence-electron chi connectivity index (χ0n) is 9.75. The van der Waals surface area contributed by atoms with Crippen molar-refractivity contribution in [1.82, 2.24) is 0 Å². The molecule has 0 aliphatic rings. The molecule has 0 aromatic heterocycles. The van der Waals surface area contributed by atoms with Gasteiger partial charge in [0.2, 0.25) is 0 Å². The molecule has 0 N–H and O–H groups in total. The van der Waals surface area contributed by atoms with Crippen molar-refractivity contribution in [3.05, 3.63) is 35.4 Å². The average molecular weight is 216 g/mol. The molecule has 0 radical (unpaired) electrons. The van der Waals surface area contributed by atoms with Crippen LogP contribution in [0.4, 0.5) is 0 Å². The maximum Gasteiger partial charge on any atom is 0.306 e. The molecular weight excluding hydrogens is 200 g/mol. The van der Waals surface area contributed by atoms with Gasteiger partial charge in [-0.25, -0.2) is 0 Å². The van der Waals surface area contributed by atoms with Gasteiger partial charge in [0.1, 0.15) is 0 Å². The Hall–Kier alpha value is -1.75. The third-order valence-corrected chi connectivity index (χ3v) is 2.19.